The topological polar surface area (TPSA) is 314 Å². The number of imidazole rings is 2. The van der Waals surface area contributed by atoms with E-state index in [0.717, 1.165) is 12.7 Å². The average molecular weight is 673 g/mol. The Kier molecular flexibility index (Phi) is 7.30. The molecule has 4 unspecified atom stereocenters. The zero-order chi connectivity index (χ0) is 31.8. The van der Waals surface area contributed by atoms with E-state index in [4.69, 9.17) is 28.6 Å². The van der Waals surface area contributed by atoms with E-state index in [1.807, 2.05) is 0 Å². The molecule has 22 nitrogen and oxygen atoms in total. The molecule has 2 bridgehead atoms. The van der Waals surface area contributed by atoms with Crippen LogP contribution in [0.25, 0.3) is 22.3 Å². The number of hydrogen-bond acceptors (Lipinski definition) is 16. The number of hydrogen-bond donors (Lipinski definition) is 7. The number of aromatic nitrogens is 8. The van der Waals surface area contributed by atoms with Crippen molar-refractivity contribution >= 4 is 43.9 Å². The van der Waals surface area contributed by atoms with E-state index in [-0.39, 0.29) is 34.7 Å². The van der Waals surface area contributed by atoms with Gasteiger partial charge >= 0.3 is 15.6 Å². The summed E-state index contributed by atoms with van der Waals surface area (Å²) < 4.78 is 55.7. The summed E-state index contributed by atoms with van der Waals surface area (Å²) in [6.07, 6.45) is -5.99. The van der Waals surface area contributed by atoms with Crippen molar-refractivity contribution in [1.29, 1.82) is 0 Å². The molecule has 1 aliphatic carbocycles. The minimum Gasteiger partial charge on any atom is -0.390 e. The standard InChI is InChI=1S/C21H25N9O13P2/c22-21-27-17-11(19(34)28-21)25-5-29(17)8-1-7-2-39-44(35,36)43-15-9(3-40-45(37,38)42-14(8)12(7)31)41-20(13(15)32)30-6-26-10-16(30)23-4-24-18(10)33/h4-9,12-15,20,31-32H,1-3H2,(H,35,36)(H,37,38)(H,23,24,33)(H3,22,27,28,34)/t7-,8-,9-,12?,13+,14-,15?,20-/m1/s1. The fourth-order valence-electron chi connectivity index (χ4n) is 5.83. The van der Waals surface area contributed by atoms with Crippen LogP contribution in [0.1, 0.15) is 18.7 Å². The Morgan fingerprint density at radius 1 is 0.889 bits per heavy atom. The Morgan fingerprint density at radius 3 is 2.31 bits per heavy atom. The van der Waals surface area contributed by atoms with Gasteiger partial charge in [0.1, 0.15) is 24.4 Å². The Labute approximate surface area is 249 Å². The van der Waals surface area contributed by atoms with Gasteiger partial charge in [-0.2, -0.15) is 4.98 Å². The van der Waals surface area contributed by atoms with Crippen molar-refractivity contribution in [2.45, 2.75) is 49.2 Å². The zero-order valence-electron chi connectivity index (χ0n) is 22.6. The molecule has 1 saturated carbocycles. The van der Waals surface area contributed by atoms with Gasteiger partial charge in [-0.3, -0.25) is 37.2 Å². The van der Waals surface area contributed by atoms with Crippen molar-refractivity contribution in [2.24, 2.45) is 5.92 Å². The number of rotatable bonds is 2. The molecular formula is C21H25N9O13P2. The molecule has 45 heavy (non-hydrogen) atoms. The van der Waals surface area contributed by atoms with Crippen molar-refractivity contribution in [3.63, 3.8) is 0 Å². The van der Waals surface area contributed by atoms with Gasteiger partial charge in [-0.15, -0.1) is 0 Å². The highest BCUT2D eigenvalue weighted by atomic mass is 31.2. The molecule has 4 aromatic rings. The molecule has 0 spiro atoms. The summed E-state index contributed by atoms with van der Waals surface area (Å²) in [7, 11) is -10.1. The molecule has 0 aromatic carbocycles. The highest BCUT2D eigenvalue weighted by molar-refractivity contribution is 7.47. The van der Waals surface area contributed by atoms with E-state index >= 15 is 0 Å². The highest BCUT2D eigenvalue weighted by Crippen LogP contribution is 2.55. The number of aliphatic hydroxyl groups excluding tert-OH is 2. The number of nitrogens with zero attached hydrogens (tertiary/aromatic N) is 6. The van der Waals surface area contributed by atoms with Crippen LogP contribution < -0.4 is 16.9 Å². The van der Waals surface area contributed by atoms with E-state index in [0.29, 0.717) is 0 Å². The Bertz CT molecular complexity index is 2000. The minimum absolute atomic E-state index is 0.000941. The van der Waals surface area contributed by atoms with E-state index < -0.39 is 88.7 Å². The lowest BCUT2D eigenvalue weighted by Gasteiger charge is -2.26. The van der Waals surface area contributed by atoms with Crippen molar-refractivity contribution in [1.82, 2.24) is 39.0 Å². The first-order chi connectivity index (χ1) is 21.3. The Hall–Kier alpha value is -3.40. The smallest absolute Gasteiger partial charge is 0.390 e. The lowest BCUT2D eigenvalue weighted by molar-refractivity contribution is -0.0553. The summed E-state index contributed by atoms with van der Waals surface area (Å²) in [4.78, 5) is 66.5. The monoisotopic (exact) mass is 673 g/mol. The molecule has 0 amide bonds. The third-order valence-electron chi connectivity index (χ3n) is 7.86. The summed E-state index contributed by atoms with van der Waals surface area (Å²) in [5.74, 6) is -1.23. The normalized spacial score (nSPS) is 37.7. The maximum absolute atomic E-state index is 13.2. The van der Waals surface area contributed by atoms with Crippen molar-refractivity contribution in [3.8, 4) is 0 Å². The van der Waals surface area contributed by atoms with Crippen LogP contribution in [0, 0.1) is 5.92 Å². The number of nitrogen functional groups attached to an aromatic ring is 1. The zero-order valence-corrected chi connectivity index (χ0v) is 24.4. The first-order valence-corrected chi connectivity index (χ1v) is 16.3. The maximum Gasteiger partial charge on any atom is 0.472 e. The molecular weight excluding hydrogens is 648 g/mol. The van der Waals surface area contributed by atoms with Crippen molar-refractivity contribution in [3.05, 3.63) is 39.7 Å². The number of nitrogens with two attached hydrogens (primary N) is 1. The van der Waals surface area contributed by atoms with Crippen LogP contribution in [-0.4, -0.2) is 103 Å². The van der Waals surface area contributed by atoms with Gasteiger partial charge < -0.3 is 40.0 Å². The molecule has 8 N–H and O–H groups in total. The molecule has 3 fully saturated rings. The fourth-order valence-corrected chi connectivity index (χ4v) is 7.80. The van der Waals surface area contributed by atoms with Crippen LogP contribution in [0.2, 0.25) is 0 Å². The van der Waals surface area contributed by atoms with Crippen molar-refractivity contribution in [2.75, 3.05) is 18.9 Å². The van der Waals surface area contributed by atoms with Gasteiger partial charge in [0.05, 0.1) is 44.3 Å². The third kappa shape index (κ3) is 5.32. The van der Waals surface area contributed by atoms with Crippen LogP contribution in [0.5, 0.6) is 0 Å². The fraction of sp³-hybridized carbons (Fsp3) is 0.524. The number of phosphoric acid groups is 2. The molecule has 242 valence electrons. The number of aliphatic hydroxyl groups is 2. The lowest BCUT2D eigenvalue weighted by atomic mass is 10.1. The van der Waals surface area contributed by atoms with Crippen molar-refractivity contribution < 1.29 is 52.0 Å². The molecule has 6 heterocycles. The summed E-state index contributed by atoms with van der Waals surface area (Å²) in [5, 5.41) is 22.2. The quantitative estimate of drug-likeness (QED) is 0.113. The SMILES string of the molecule is Nc1nc2c(ncn2[C@@H]2C[C@@H]3COP(=O)(O)OC4[C@@H](COP(=O)(O)O[C@H]2C3O)O[C@@H](n2cnc3c(=O)[nH]cnc32)[C@H]4O)c(=O)[nH]1. The van der Waals surface area contributed by atoms with Crippen LogP contribution >= 0.6 is 15.6 Å². The van der Waals surface area contributed by atoms with Crippen LogP contribution in [0.4, 0.5) is 5.95 Å². The molecule has 10 atom stereocenters. The van der Waals surface area contributed by atoms with E-state index in [9.17, 15) is 38.7 Å². The summed E-state index contributed by atoms with van der Waals surface area (Å²) in [6.45, 7) is -1.44. The maximum atomic E-state index is 13.2. The molecule has 2 saturated heterocycles. The van der Waals surface area contributed by atoms with Gasteiger partial charge in [0.15, 0.2) is 28.6 Å². The van der Waals surface area contributed by atoms with Gasteiger partial charge in [0.25, 0.3) is 11.1 Å². The van der Waals surface area contributed by atoms with Gasteiger partial charge in [0.2, 0.25) is 5.95 Å². The average Bonchev–Trinajstić information content (AvgIpc) is 3.72. The van der Waals surface area contributed by atoms with Crippen LogP contribution in [0.3, 0.4) is 0 Å². The van der Waals surface area contributed by atoms with Gasteiger partial charge in [-0.05, 0) is 6.42 Å². The second-order valence-electron chi connectivity index (χ2n) is 10.6. The number of aromatic amines is 2. The molecule has 3 aliphatic rings. The molecule has 2 aliphatic heterocycles. The predicted molar refractivity (Wildman–Crippen MR) is 145 cm³/mol. The lowest BCUT2D eigenvalue weighted by Crippen LogP contribution is -2.36. The Balaban J connectivity index is 1.21. The van der Waals surface area contributed by atoms with Gasteiger partial charge in [-0.1, -0.05) is 0 Å². The highest BCUT2D eigenvalue weighted by Gasteiger charge is 2.53. The number of nitrogens with one attached hydrogen (secondary N) is 2. The summed E-state index contributed by atoms with van der Waals surface area (Å²) in [6, 6.07) is -1.01. The van der Waals surface area contributed by atoms with Gasteiger partial charge in [-0.25, -0.2) is 24.1 Å². The molecule has 4 aromatic heterocycles. The van der Waals surface area contributed by atoms with E-state index in [1.165, 1.54) is 15.5 Å². The predicted octanol–water partition coefficient (Wildman–Crippen LogP) is -1.97. The first-order valence-electron chi connectivity index (χ1n) is 13.3. The molecule has 24 heteroatoms. The second kappa shape index (κ2) is 10.9. The van der Waals surface area contributed by atoms with Gasteiger partial charge in [0, 0.05) is 5.92 Å². The molecule has 0 radical (unpaired) electrons. The number of H-pyrrole nitrogens is 2. The Morgan fingerprint density at radius 2 is 1.56 bits per heavy atom. The third-order valence-corrected chi connectivity index (χ3v) is 9.83. The van der Waals surface area contributed by atoms with E-state index in [2.05, 4.69) is 29.9 Å². The minimum atomic E-state index is -5.05. The largest absolute Gasteiger partial charge is 0.472 e. The van der Waals surface area contributed by atoms with Crippen LogP contribution in [-0.2, 0) is 32.0 Å². The van der Waals surface area contributed by atoms with E-state index in [1.54, 1.807) is 0 Å². The number of phosphoric ester groups is 2. The number of fused-ring (bicyclic) bond motifs is 5. The summed E-state index contributed by atoms with van der Waals surface area (Å²) >= 11 is 0. The summed E-state index contributed by atoms with van der Waals surface area (Å²) in [5.41, 5.74) is 4.25. The number of ether oxygens (including phenoxy) is 1. The second-order valence-corrected chi connectivity index (χ2v) is 13.4. The first kappa shape index (κ1) is 30.3. The van der Waals surface area contributed by atoms with Crippen LogP contribution in [0.15, 0.2) is 28.6 Å². The molecule has 7 rings (SSSR count). The number of anilines is 1.